The SMILES string of the molecule is Cc1nc(C)c(C(C)NC2CCOC3(CCCC3)C2)s1. The van der Waals surface area contributed by atoms with Crippen LogP contribution >= 0.6 is 11.3 Å². The Bertz CT molecular complexity index is 465. The van der Waals surface area contributed by atoms with Crippen molar-refractivity contribution in [2.45, 2.75) is 77.0 Å². The lowest BCUT2D eigenvalue weighted by Gasteiger charge is -2.39. The third-order valence-corrected chi connectivity index (χ3v) is 6.08. The summed E-state index contributed by atoms with van der Waals surface area (Å²) in [6.45, 7) is 7.41. The fourth-order valence-electron chi connectivity index (χ4n) is 3.92. The minimum absolute atomic E-state index is 0.203. The van der Waals surface area contributed by atoms with Gasteiger partial charge in [0, 0.05) is 23.6 Å². The van der Waals surface area contributed by atoms with Crippen molar-refractivity contribution in [2.75, 3.05) is 6.61 Å². The molecule has 1 aromatic heterocycles. The van der Waals surface area contributed by atoms with Gasteiger partial charge in [-0.2, -0.15) is 0 Å². The number of hydrogen-bond acceptors (Lipinski definition) is 4. The molecule has 1 N–H and O–H groups in total. The summed E-state index contributed by atoms with van der Waals surface area (Å²) in [7, 11) is 0. The molecule has 2 heterocycles. The zero-order chi connectivity index (χ0) is 14.2. The van der Waals surface area contributed by atoms with Crippen LogP contribution in [0, 0.1) is 13.8 Å². The van der Waals surface area contributed by atoms with E-state index in [1.165, 1.54) is 47.7 Å². The number of nitrogens with zero attached hydrogens (tertiary/aromatic N) is 1. The molecule has 2 unspecified atom stereocenters. The zero-order valence-electron chi connectivity index (χ0n) is 12.9. The zero-order valence-corrected chi connectivity index (χ0v) is 13.7. The van der Waals surface area contributed by atoms with Crippen LogP contribution in [0.5, 0.6) is 0 Å². The van der Waals surface area contributed by atoms with Crippen molar-refractivity contribution in [3.05, 3.63) is 15.6 Å². The first-order valence-corrected chi connectivity index (χ1v) is 8.74. The summed E-state index contributed by atoms with van der Waals surface area (Å²) in [5.41, 5.74) is 1.39. The molecule has 4 heteroatoms. The highest BCUT2D eigenvalue weighted by Crippen LogP contribution is 2.40. The van der Waals surface area contributed by atoms with Crippen molar-refractivity contribution in [1.29, 1.82) is 0 Å². The maximum absolute atomic E-state index is 6.12. The van der Waals surface area contributed by atoms with Crippen molar-refractivity contribution in [1.82, 2.24) is 10.3 Å². The van der Waals surface area contributed by atoms with Crippen molar-refractivity contribution in [2.24, 2.45) is 0 Å². The number of aryl methyl sites for hydroxylation is 2. The summed E-state index contributed by atoms with van der Waals surface area (Å²) in [4.78, 5) is 5.95. The van der Waals surface area contributed by atoms with Crippen LogP contribution in [0.2, 0.25) is 0 Å². The van der Waals surface area contributed by atoms with E-state index in [0.717, 1.165) is 13.0 Å². The molecule has 3 rings (SSSR count). The summed E-state index contributed by atoms with van der Waals surface area (Å²) >= 11 is 1.83. The van der Waals surface area contributed by atoms with Crippen molar-refractivity contribution in [3.63, 3.8) is 0 Å². The number of rotatable bonds is 3. The molecule has 2 atom stereocenters. The summed E-state index contributed by atoms with van der Waals surface area (Å²) < 4.78 is 6.12. The smallest absolute Gasteiger partial charge is 0.0900 e. The van der Waals surface area contributed by atoms with Crippen molar-refractivity contribution < 1.29 is 4.74 Å². The molecule has 1 saturated heterocycles. The van der Waals surface area contributed by atoms with Crippen LogP contribution in [0.25, 0.3) is 0 Å². The Morgan fingerprint density at radius 2 is 2.10 bits per heavy atom. The lowest BCUT2D eigenvalue weighted by atomic mass is 9.88. The largest absolute Gasteiger partial charge is 0.375 e. The first-order valence-electron chi connectivity index (χ1n) is 7.92. The van der Waals surface area contributed by atoms with Crippen LogP contribution in [0.15, 0.2) is 0 Å². The van der Waals surface area contributed by atoms with Gasteiger partial charge >= 0.3 is 0 Å². The Labute approximate surface area is 126 Å². The van der Waals surface area contributed by atoms with Crippen LogP contribution in [-0.4, -0.2) is 23.2 Å². The summed E-state index contributed by atoms with van der Waals surface area (Å²) in [5.74, 6) is 0. The Morgan fingerprint density at radius 3 is 2.75 bits per heavy atom. The highest BCUT2D eigenvalue weighted by Gasteiger charge is 2.40. The lowest BCUT2D eigenvalue weighted by Crippen LogP contribution is -2.46. The van der Waals surface area contributed by atoms with Gasteiger partial charge in [0.25, 0.3) is 0 Å². The fraction of sp³-hybridized carbons (Fsp3) is 0.812. The molecular formula is C16H26N2OS. The Kier molecular flexibility index (Phi) is 4.16. The van der Waals surface area contributed by atoms with Crippen molar-refractivity contribution in [3.8, 4) is 0 Å². The molecule has 0 amide bonds. The van der Waals surface area contributed by atoms with E-state index in [1.54, 1.807) is 0 Å². The first kappa shape index (κ1) is 14.5. The fourth-order valence-corrected chi connectivity index (χ4v) is 4.85. The molecule has 3 nitrogen and oxygen atoms in total. The molecule has 1 saturated carbocycles. The van der Waals surface area contributed by atoms with E-state index in [-0.39, 0.29) is 5.60 Å². The molecule has 0 bridgehead atoms. The average Bonchev–Trinajstić information content (AvgIpc) is 2.96. The molecule has 112 valence electrons. The second-order valence-electron chi connectivity index (χ2n) is 6.50. The molecule has 1 aromatic rings. The van der Waals surface area contributed by atoms with Gasteiger partial charge < -0.3 is 10.1 Å². The van der Waals surface area contributed by atoms with E-state index in [0.29, 0.717) is 12.1 Å². The molecular weight excluding hydrogens is 268 g/mol. The number of hydrogen-bond donors (Lipinski definition) is 1. The van der Waals surface area contributed by atoms with Gasteiger partial charge in [-0.15, -0.1) is 11.3 Å². The molecule has 0 radical (unpaired) electrons. The predicted molar refractivity (Wildman–Crippen MR) is 83.3 cm³/mol. The van der Waals surface area contributed by atoms with E-state index in [1.807, 2.05) is 11.3 Å². The topological polar surface area (TPSA) is 34.2 Å². The summed E-state index contributed by atoms with van der Waals surface area (Å²) in [5, 5.41) is 5.00. The number of thiazole rings is 1. The highest BCUT2D eigenvalue weighted by molar-refractivity contribution is 7.11. The van der Waals surface area contributed by atoms with Gasteiger partial charge in [0.2, 0.25) is 0 Å². The van der Waals surface area contributed by atoms with Crippen LogP contribution < -0.4 is 5.32 Å². The van der Waals surface area contributed by atoms with E-state index in [2.05, 4.69) is 31.1 Å². The normalized spacial score (nSPS) is 27.1. The second kappa shape index (κ2) is 5.74. The highest BCUT2D eigenvalue weighted by atomic mass is 32.1. The summed E-state index contributed by atoms with van der Waals surface area (Å²) in [6.07, 6.45) is 7.54. The van der Waals surface area contributed by atoms with E-state index in [9.17, 15) is 0 Å². The quantitative estimate of drug-likeness (QED) is 0.918. The third kappa shape index (κ3) is 2.92. The van der Waals surface area contributed by atoms with Crippen molar-refractivity contribution >= 4 is 11.3 Å². The van der Waals surface area contributed by atoms with Crippen LogP contribution in [-0.2, 0) is 4.74 Å². The molecule has 20 heavy (non-hydrogen) atoms. The van der Waals surface area contributed by atoms with Crippen LogP contribution in [0.3, 0.4) is 0 Å². The standard InChI is InChI=1S/C16H26N2OS/c1-11-15(20-13(3)17-11)12(2)18-14-6-9-19-16(10-14)7-4-5-8-16/h12,14,18H,4-10H2,1-3H3. The minimum atomic E-state index is 0.203. The maximum Gasteiger partial charge on any atom is 0.0900 e. The lowest BCUT2D eigenvalue weighted by molar-refractivity contribution is -0.0845. The van der Waals surface area contributed by atoms with E-state index >= 15 is 0 Å². The molecule has 2 aliphatic rings. The van der Waals surface area contributed by atoms with Gasteiger partial charge in [0.15, 0.2) is 0 Å². The van der Waals surface area contributed by atoms with E-state index < -0.39 is 0 Å². The van der Waals surface area contributed by atoms with Gasteiger partial charge in [-0.3, -0.25) is 0 Å². The number of ether oxygens (including phenoxy) is 1. The number of aromatic nitrogens is 1. The van der Waals surface area contributed by atoms with Gasteiger partial charge in [0.1, 0.15) is 0 Å². The van der Waals surface area contributed by atoms with Gasteiger partial charge in [-0.1, -0.05) is 12.8 Å². The minimum Gasteiger partial charge on any atom is -0.375 e. The molecule has 2 fully saturated rings. The first-order chi connectivity index (χ1) is 9.58. The summed E-state index contributed by atoms with van der Waals surface area (Å²) in [6, 6.07) is 1.00. The Morgan fingerprint density at radius 1 is 1.35 bits per heavy atom. The maximum atomic E-state index is 6.12. The van der Waals surface area contributed by atoms with Crippen LogP contribution in [0.4, 0.5) is 0 Å². The Hall–Kier alpha value is -0.450. The molecule has 1 spiro atoms. The third-order valence-electron chi connectivity index (χ3n) is 4.83. The molecule has 1 aliphatic carbocycles. The van der Waals surface area contributed by atoms with Gasteiger partial charge in [0.05, 0.1) is 16.3 Å². The van der Waals surface area contributed by atoms with Crippen LogP contribution in [0.1, 0.15) is 67.1 Å². The molecule has 0 aromatic carbocycles. The molecule has 1 aliphatic heterocycles. The predicted octanol–water partition coefficient (Wildman–Crippen LogP) is 3.90. The Balaban J connectivity index is 1.63. The average molecular weight is 294 g/mol. The monoisotopic (exact) mass is 294 g/mol. The number of nitrogens with one attached hydrogen (secondary N) is 1. The second-order valence-corrected chi connectivity index (χ2v) is 7.73. The van der Waals surface area contributed by atoms with E-state index in [4.69, 9.17) is 4.74 Å². The van der Waals surface area contributed by atoms with Gasteiger partial charge in [-0.25, -0.2) is 4.98 Å². The van der Waals surface area contributed by atoms with Gasteiger partial charge in [-0.05, 0) is 46.5 Å².